The molecular weight excluding hydrogens is 364 g/mol. The molecule has 0 aliphatic carbocycles. The maximum Gasteiger partial charge on any atom is 0.302 e. The Morgan fingerprint density at radius 3 is 2.59 bits per heavy atom. The van der Waals surface area contributed by atoms with Crippen LogP contribution in [0.3, 0.4) is 0 Å². The van der Waals surface area contributed by atoms with E-state index >= 15 is 0 Å². The van der Waals surface area contributed by atoms with Gasteiger partial charge in [-0.15, -0.1) is 0 Å². The Balaban J connectivity index is 1.84. The van der Waals surface area contributed by atoms with Gasteiger partial charge >= 0.3 is 6.01 Å². The van der Waals surface area contributed by atoms with Crippen LogP contribution in [0.25, 0.3) is 39.1 Å². The van der Waals surface area contributed by atoms with Crippen LogP contribution in [0.1, 0.15) is 5.56 Å². The third kappa shape index (κ3) is 2.62. The maximum atomic E-state index is 9.12. The first-order chi connectivity index (χ1) is 14.2. The number of imidazole rings is 2. The number of methoxy groups -OCH3 is 1. The van der Waals surface area contributed by atoms with Crippen LogP contribution in [-0.2, 0) is 7.05 Å². The lowest BCUT2D eigenvalue weighted by Gasteiger charge is -2.14. The fourth-order valence-electron chi connectivity index (χ4n) is 3.57. The summed E-state index contributed by atoms with van der Waals surface area (Å²) in [6.07, 6.45) is 5.35. The topological polar surface area (TPSA) is 81.0 Å². The van der Waals surface area contributed by atoms with Crippen molar-refractivity contribution in [2.75, 3.05) is 7.11 Å². The normalized spacial score (nSPS) is 11.1. The summed E-state index contributed by atoms with van der Waals surface area (Å²) in [5, 5.41) is 9.12. The Hall–Kier alpha value is -4.18. The number of fused-ring (bicyclic) bond motifs is 2. The lowest BCUT2D eigenvalue weighted by molar-refractivity contribution is 0.375. The van der Waals surface area contributed by atoms with E-state index in [0.717, 1.165) is 39.1 Å². The number of nitrogens with zero attached hydrogens (tertiary/aromatic N) is 6. The van der Waals surface area contributed by atoms with Crippen LogP contribution in [0.2, 0.25) is 0 Å². The van der Waals surface area contributed by atoms with E-state index in [1.165, 1.54) is 0 Å². The minimum Gasteiger partial charge on any atom is -0.468 e. The van der Waals surface area contributed by atoms with Crippen molar-refractivity contribution < 1.29 is 4.74 Å². The zero-order chi connectivity index (χ0) is 20.0. The molecule has 3 aromatic heterocycles. The van der Waals surface area contributed by atoms with E-state index in [2.05, 4.69) is 22.1 Å². The van der Waals surface area contributed by atoms with E-state index < -0.39 is 0 Å². The number of rotatable bonds is 3. The Kier molecular flexibility index (Phi) is 3.78. The zero-order valence-electron chi connectivity index (χ0n) is 15.9. The number of aryl methyl sites for hydroxylation is 1. The number of ether oxygens (including phenoxy) is 1. The highest BCUT2D eigenvalue weighted by Crippen LogP contribution is 2.36. The van der Waals surface area contributed by atoms with Crippen LogP contribution in [0.4, 0.5) is 0 Å². The number of hydrogen-bond donors (Lipinski definition) is 0. The summed E-state index contributed by atoms with van der Waals surface area (Å²) in [6, 6.07) is 16.1. The van der Waals surface area contributed by atoms with Crippen LogP contribution < -0.4 is 4.74 Å². The third-order valence-corrected chi connectivity index (χ3v) is 5.00. The molecule has 0 saturated carbocycles. The first kappa shape index (κ1) is 17.0. The maximum absolute atomic E-state index is 9.12. The summed E-state index contributed by atoms with van der Waals surface area (Å²) in [7, 11) is 3.56. The van der Waals surface area contributed by atoms with Gasteiger partial charge in [-0.2, -0.15) is 10.2 Å². The Morgan fingerprint density at radius 1 is 1.03 bits per heavy atom. The molecule has 0 fully saturated rings. The van der Waals surface area contributed by atoms with E-state index in [-0.39, 0.29) is 0 Å². The van der Waals surface area contributed by atoms with Gasteiger partial charge in [0.05, 0.1) is 47.4 Å². The molecule has 0 atom stereocenters. The fraction of sp³-hybridized carbons (Fsp3) is 0.0909. The van der Waals surface area contributed by atoms with E-state index in [0.29, 0.717) is 11.6 Å². The van der Waals surface area contributed by atoms with Gasteiger partial charge in [-0.25, -0.2) is 9.97 Å². The number of benzene rings is 2. The minimum atomic E-state index is 0.444. The van der Waals surface area contributed by atoms with Crippen molar-refractivity contribution in [3.63, 3.8) is 0 Å². The van der Waals surface area contributed by atoms with Crippen molar-refractivity contribution in [3.05, 3.63) is 66.7 Å². The molecule has 3 heterocycles. The second-order valence-corrected chi connectivity index (χ2v) is 6.69. The summed E-state index contributed by atoms with van der Waals surface area (Å²) in [5.74, 6) is 0. The highest BCUT2D eigenvalue weighted by molar-refractivity contribution is 5.93. The molecule has 5 rings (SSSR count). The highest BCUT2D eigenvalue weighted by Gasteiger charge is 2.19. The number of nitriles is 1. The molecule has 0 bridgehead atoms. The van der Waals surface area contributed by atoms with Gasteiger partial charge < -0.3 is 9.30 Å². The molecule has 140 valence electrons. The predicted molar refractivity (Wildman–Crippen MR) is 109 cm³/mol. The molecule has 29 heavy (non-hydrogen) atoms. The van der Waals surface area contributed by atoms with Gasteiger partial charge in [0, 0.05) is 25.0 Å². The summed E-state index contributed by atoms with van der Waals surface area (Å²) < 4.78 is 9.31. The van der Waals surface area contributed by atoms with Crippen molar-refractivity contribution in [1.29, 1.82) is 5.26 Å². The number of aromatic nitrogens is 5. The molecule has 0 amide bonds. The van der Waals surface area contributed by atoms with E-state index in [1.54, 1.807) is 31.8 Å². The molecular formula is C22H16N6O. The van der Waals surface area contributed by atoms with Gasteiger partial charge in [0.1, 0.15) is 0 Å². The van der Waals surface area contributed by atoms with Gasteiger partial charge in [0.25, 0.3) is 0 Å². The third-order valence-electron chi connectivity index (χ3n) is 5.00. The first-order valence-electron chi connectivity index (χ1n) is 9.02. The Bertz CT molecular complexity index is 1410. The van der Waals surface area contributed by atoms with Crippen molar-refractivity contribution in [2.45, 2.75) is 0 Å². The molecule has 0 radical (unpaired) electrons. The second-order valence-electron chi connectivity index (χ2n) is 6.69. The monoisotopic (exact) mass is 380 g/mol. The highest BCUT2D eigenvalue weighted by atomic mass is 16.5. The van der Waals surface area contributed by atoms with Crippen molar-refractivity contribution >= 4 is 16.7 Å². The smallest absolute Gasteiger partial charge is 0.302 e. The second kappa shape index (κ2) is 6.46. The van der Waals surface area contributed by atoms with Crippen LogP contribution in [0, 0.1) is 11.3 Å². The summed E-state index contributed by atoms with van der Waals surface area (Å²) in [4.78, 5) is 13.8. The molecule has 0 N–H and O–H groups in total. The molecule has 7 heteroatoms. The SMILES string of the molecule is COc1nc(-c2ccc(C#N)cc2)c(-c2ccc3c(c2)ncn3C)c2nccn12. The standard InChI is InChI=1S/C22H16N6O/c1-27-13-25-17-11-16(7-8-18(17)27)19-20(15-5-3-14(12-23)4-6-15)26-22(29-2)28-10-9-24-21(19)28/h3-11,13H,1-2H3. The first-order valence-corrected chi connectivity index (χ1v) is 9.02. The Labute approximate surface area is 166 Å². The molecule has 0 unspecified atom stereocenters. The lowest BCUT2D eigenvalue weighted by atomic mass is 9.99. The quantitative estimate of drug-likeness (QED) is 0.475. The van der Waals surface area contributed by atoms with Crippen molar-refractivity contribution in [3.8, 4) is 34.5 Å². The van der Waals surface area contributed by atoms with Crippen LogP contribution in [-0.4, -0.2) is 31.0 Å². The van der Waals surface area contributed by atoms with E-state index in [1.807, 2.05) is 46.5 Å². The summed E-state index contributed by atoms with van der Waals surface area (Å²) in [5.41, 5.74) is 6.75. The molecule has 2 aromatic carbocycles. The van der Waals surface area contributed by atoms with Gasteiger partial charge in [-0.1, -0.05) is 18.2 Å². The van der Waals surface area contributed by atoms with Gasteiger partial charge in [0.15, 0.2) is 5.65 Å². The minimum absolute atomic E-state index is 0.444. The summed E-state index contributed by atoms with van der Waals surface area (Å²) in [6.45, 7) is 0. The molecule has 0 aliphatic heterocycles. The van der Waals surface area contributed by atoms with E-state index in [9.17, 15) is 0 Å². The molecule has 0 spiro atoms. The molecule has 7 nitrogen and oxygen atoms in total. The predicted octanol–water partition coefficient (Wildman–Crippen LogP) is 3.83. The van der Waals surface area contributed by atoms with Crippen molar-refractivity contribution in [2.24, 2.45) is 7.05 Å². The average Bonchev–Trinajstić information content (AvgIpc) is 3.39. The van der Waals surface area contributed by atoms with Gasteiger partial charge in [0.2, 0.25) is 0 Å². The van der Waals surface area contributed by atoms with Crippen LogP contribution in [0.5, 0.6) is 6.01 Å². The Morgan fingerprint density at radius 2 is 1.83 bits per heavy atom. The molecule has 5 aromatic rings. The van der Waals surface area contributed by atoms with E-state index in [4.69, 9.17) is 15.0 Å². The van der Waals surface area contributed by atoms with Crippen molar-refractivity contribution in [1.82, 2.24) is 23.9 Å². The summed E-state index contributed by atoms with van der Waals surface area (Å²) >= 11 is 0. The lowest BCUT2D eigenvalue weighted by Crippen LogP contribution is -2.02. The largest absolute Gasteiger partial charge is 0.468 e. The van der Waals surface area contributed by atoms with Gasteiger partial charge in [-0.05, 0) is 29.8 Å². The molecule has 0 saturated heterocycles. The molecule has 0 aliphatic rings. The zero-order valence-corrected chi connectivity index (χ0v) is 15.9. The average molecular weight is 380 g/mol. The van der Waals surface area contributed by atoms with Crippen LogP contribution >= 0.6 is 0 Å². The number of hydrogen-bond acceptors (Lipinski definition) is 5. The van der Waals surface area contributed by atoms with Crippen LogP contribution in [0.15, 0.2) is 61.2 Å². The van der Waals surface area contributed by atoms with Gasteiger partial charge in [-0.3, -0.25) is 4.40 Å². The fourth-order valence-corrected chi connectivity index (χ4v) is 3.57.